The Morgan fingerprint density at radius 1 is 1.07 bits per heavy atom. The van der Waals surface area contributed by atoms with E-state index in [1.807, 2.05) is 12.1 Å². The molecular formula is C19H32Cl2IN3O2. The van der Waals surface area contributed by atoms with Gasteiger partial charge in [-0.15, -0.1) is 24.0 Å². The molecule has 27 heavy (non-hydrogen) atoms. The van der Waals surface area contributed by atoms with Crippen molar-refractivity contribution >= 4 is 53.1 Å². The van der Waals surface area contributed by atoms with E-state index in [9.17, 15) is 0 Å². The number of benzene rings is 1. The summed E-state index contributed by atoms with van der Waals surface area (Å²) < 4.78 is 10.4. The number of hydrogen-bond donors (Lipinski definition) is 2. The summed E-state index contributed by atoms with van der Waals surface area (Å²) in [4.78, 5) is 4.61. The van der Waals surface area contributed by atoms with Crippen molar-refractivity contribution in [2.24, 2.45) is 4.99 Å². The van der Waals surface area contributed by atoms with Crippen LogP contribution < -0.4 is 10.6 Å². The lowest BCUT2D eigenvalue weighted by atomic mass is 10.1. The number of guanidine groups is 1. The third-order valence-electron chi connectivity index (χ3n) is 3.67. The number of aliphatic imine (C=N–C) groups is 1. The minimum Gasteiger partial charge on any atom is -0.382 e. The maximum atomic E-state index is 6.20. The van der Waals surface area contributed by atoms with Gasteiger partial charge in [0.1, 0.15) is 0 Å². The predicted molar refractivity (Wildman–Crippen MR) is 126 cm³/mol. The second-order valence-electron chi connectivity index (χ2n) is 5.84. The first-order chi connectivity index (χ1) is 12.7. The summed E-state index contributed by atoms with van der Waals surface area (Å²) in [6.07, 6.45) is 3.88. The van der Waals surface area contributed by atoms with Gasteiger partial charge in [0.25, 0.3) is 0 Å². The van der Waals surface area contributed by atoms with Crippen molar-refractivity contribution in [3.63, 3.8) is 0 Å². The number of hydrogen-bond acceptors (Lipinski definition) is 3. The summed E-state index contributed by atoms with van der Waals surface area (Å²) in [7, 11) is 1.68. The molecule has 0 atom stereocenters. The Bertz CT molecular complexity index is 534. The van der Waals surface area contributed by atoms with Gasteiger partial charge in [-0.2, -0.15) is 0 Å². The monoisotopic (exact) mass is 531 g/mol. The molecular weight excluding hydrogens is 500 g/mol. The third kappa shape index (κ3) is 13.5. The highest BCUT2D eigenvalue weighted by Gasteiger charge is 2.02. The first-order valence-corrected chi connectivity index (χ1v) is 9.95. The topological polar surface area (TPSA) is 54.9 Å². The van der Waals surface area contributed by atoms with Crippen LogP contribution >= 0.6 is 47.2 Å². The van der Waals surface area contributed by atoms with E-state index >= 15 is 0 Å². The second kappa shape index (κ2) is 17.8. The highest BCUT2D eigenvalue weighted by molar-refractivity contribution is 14.0. The third-order valence-corrected chi connectivity index (χ3v) is 4.26. The molecule has 0 bridgehead atoms. The molecule has 5 nitrogen and oxygen atoms in total. The minimum absolute atomic E-state index is 0. The SMILES string of the molecule is CCNC(=NCCCc1ccc(Cl)cc1Cl)NCCCCOCCOC.I. The zero-order valence-corrected chi connectivity index (χ0v) is 20.1. The smallest absolute Gasteiger partial charge is 0.191 e. The number of ether oxygens (including phenoxy) is 2. The summed E-state index contributed by atoms with van der Waals surface area (Å²) >= 11 is 12.1. The quantitative estimate of drug-likeness (QED) is 0.170. The molecule has 1 aromatic rings. The van der Waals surface area contributed by atoms with Crippen molar-refractivity contribution < 1.29 is 9.47 Å². The van der Waals surface area contributed by atoms with Crippen LogP contribution in [0.15, 0.2) is 23.2 Å². The van der Waals surface area contributed by atoms with Crippen molar-refractivity contribution in [3.05, 3.63) is 33.8 Å². The number of nitrogens with zero attached hydrogens (tertiary/aromatic N) is 1. The number of methoxy groups -OCH3 is 1. The molecule has 0 radical (unpaired) electrons. The van der Waals surface area contributed by atoms with Crippen LogP contribution in [0.25, 0.3) is 0 Å². The first-order valence-electron chi connectivity index (χ1n) is 9.20. The molecule has 0 aliphatic heterocycles. The molecule has 0 spiro atoms. The maximum absolute atomic E-state index is 6.20. The van der Waals surface area contributed by atoms with Gasteiger partial charge in [0, 0.05) is 43.4 Å². The van der Waals surface area contributed by atoms with Crippen molar-refractivity contribution in [2.75, 3.05) is 46.6 Å². The Kier molecular flexibility index (Phi) is 17.6. The molecule has 0 heterocycles. The standard InChI is InChI=1S/C19H31Cl2N3O2.HI/c1-3-22-19(23-10-4-5-12-26-14-13-25-2)24-11-6-7-16-8-9-17(20)15-18(16)21;/h8-9,15H,3-7,10-14H2,1-2H3,(H2,22,23,24);1H. The Morgan fingerprint density at radius 3 is 2.59 bits per heavy atom. The molecule has 0 aliphatic carbocycles. The van der Waals surface area contributed by atoms with E-state index in [2.05, 4.69) is 22.5 Å². The summed E-state index contributed by atoms with van der Waals surface area (Å²) in [5, 5.41) is 8.01. The number of halogens is 3. The predicted octanol–water partition coefficient (Wildman–Crippen LogP) is 4.54. The van der Waals surface area contributed by atoms with Crippen molar-refractivity contribution in [1.29, 1.82) is 0 Å². The molecule has 0 aromatic heterocycles. The summed E-state index contributed by atoms with van der Waals surface area (Å²) in [5.74, 6) is 0.856. The van der Waals surface area contributed by atoms with Gasteiger partial charge >= 0.3 is 0 Å². The summed E-state index contributed by atoms with van der Waals surface area (Å²) in [6.45, 7) is 6.60. The zero-order valence-electron chi connectivity index (χ0n) is 16.2. The van der Waals surface area contributed by atoms with Crippen LogP contribution in [0.3, 0.4) is 0 Å². The largest absolute Gasteiger partial charge is 0.382 e. The highest BCUT2D eigenvalue weighted by atomic mass is 127. The van der Waals surface area contributed by atoms with E-state index in [1.54, 1.807) is 13.2 Å². The molecule has 8 heteroatoms. The summed E-state index contributed by atoms with van der Waals surface area (Å²) in [6, 6.07) is 5.63. The van der Waals surface area contributed by atoms with E-state index in [4.69, 9.17) is 32.7 Å². The van der Waals surface area contributed by atoms with Crippen LogP contribution in [0.2, 0.25) is 10.0 Å². The molecule has 2 N–H and O–H groups in total. The fourth-order valence-corrected chi connectivity index (χ4v) is 2.81. The Hall–Kier alpha value is -0.280. The van der Waals surface area contributed by atoms with Crippen LogP contribution in [-0.2, 0) is 15.9 Å². The molecule has 1 aromatic carbocycles. The van der Waals surface area contributed by atoms with Crippen LogP contribution in [0.4, 0.5) is 0 Å². The molecule has 0 unspecified atom stereocenters. The van der Waals surface area contributed by atoms with E-state index < -0.39 is 0 Å². The van der Waals surface area contributed by atoms with Crippen LogP contribution in [0, 0.1) is 0 Å². The average Bonchev–Trinajstić information content (AvgIpc) is 2.62. The Balaban J connectivity index is 0.00000676. The lowest BCUT2D eigenvalue weighted by Crippen LogP contribution is -2.38. The zero-order chi connectivity index (χ0) is 19.0. The fraction of sp³-hybridized carbons (Fsp3) is 0.632. The van der Waals surface area contributed by atoms with Gasteiger partial charge in [-0.1, -0.05) is 29.3 Å². The highest BCUT2D eigenvalue weighted by Crippen LogP contribution is 2.21. The molecule has 0 amide bonds. The number of aryl methyl sites for hydroxylation is 1. The number of nitrogens with one attached hydrogen (secondary N) is 2. The van der Waals surface area contributed by atoms with Crippen molar-refractivity contribution in [2.45, 2.75) is 32.6 Å². The van der Waals surface area contributed by atoms with E-state index in [-0.39, 0.29) is 24.0 Å². The Labute approximate surface area is 190 Å². The molecule has 0 saturated carbocycles. The lowest BCUT2D eigenvalue weighted by molar-refractivity contribution is 0.0689. The van der Waals surface area contributed by atoms with Gasteiger partial charge in [0.05, 0.1) is 13.2 Å². The minimum atomic E-state index is 0. The number of unbranched alkanes of at least 4 members (excludes halogenated alkanes) is 1. The van der Waals surface area contributed by atoms with Crippen molar-refractivity contribution in [3.8, 4) is 0 Å². The van der Waals surface area contributed by atoms with E-state index in [0.717, 1.165) is 68.5 Å². The summed E-state index contributed by atoms with van der Waals surface area (Å²) in [5.41, 5.74) is 1.11. The average molecular weight is 532 g/mol. The van der Waals surface area contributed by atoms with Gasteiger partial charge in [0.2, 0.25) is 0 Å². The molecule has 0 fully saturated rings. The van der Waals surface area contributed by atoms with Gasteiger partial charge < -0.3 is 20.1 Å². The lowest BCUT2D eigenvalue weighted by Gasteiger charge is -2.11. The fourth-order valence-electron chi connectivity index (χ4n) is 2.31. The Morgan fingerprint density at radius 2 is 1.89 bits per heavy atom. The maximum Gasteiger partial charge on any atom is 0.191 e. The molecule has 156 valence electrons. The van der Waals surface area contributed by atoms with Gasteiger partial charge in [-0.25, -0.2) is 0 Å². The van der Waals surface area contributed by atoms with Crippen LogP contribution in [0.1, 0.15) is 31.7 Å². The first kappa shape index (κ1) is 26.7. The molecule has 0 aliphatic rings. The number of rotatable bonds is 13. The normalized spacial score (nSPS) is 11.2. The molecule has 0 saturated heterocycles. The van der Waals surface area contributed by atoms with Gasteiger partial charge in [0.15, 0.2) is 5.96 Å². The van der Waals surface area contributed by atoms with Gasteiger partial charge in [-0.05, 0) is 50.3 Å². The van der Waals surface area contributed by atoms with E-state index in [1.165, 1.54) is 0 Å². The van der Waals surface area contributed by atoms with Crippen LogP contribution in [0.5, 0.6) is 0 Å². The molecule has 1 rings (SSSR count). The second-order valence-corrected chi connectivity index (χ2v) is 6.68. The van der Waals surface area contributed by atoms with Crippen LogP contribution in [-0.4, -0.2) is 52.5 Å². The van der Waals surface area contributed by atoms with Gasteiger partial charge in [-0.3, -0.25) is 4.99 Å². The van der Waals surface area contributed by atoms with Crippen molar-refractivity contribution in [1.82, 2.24) is 10.6 Å². The van der Waals surface area contributed by atoms with E-state index in [0.29, 0.717) is 18.2 Å².